The van der Waals surface area contributed by atoms with Crippen LogP contribution < -0.4 is 0 Å². The maximum absolute atomic E-state index is 14.2. The van der Waals surface area contributed by atoms with Crippen LogP contribution >= 0.6 is 23.2 Å². The fourth-order valence-corrected chi connectivity index (χ4v) is 3.76. The fourth-order valence-electron chi connectivity index (χ4n) is 3.47. The molecule has 0 radical (unpaired) electrons. The Morgan fingerprint density at radius 3 is 2.37 bits per heavy atom. The van der Waals surface area contributed by atoms with E-state index in [9.17, 15) is 19.1 Å². The molecule has 3 rings (SSSR count). The highest BCUT2D eigenvalue weighted by atomic mass is 35.5. The number of esters is 1. The zero-order chi connectivity index (χ0) is 22.3. The molecule has 2 aromatic carbocycles. The van der Waals surface area contributed by atoms with E-state index in [2.05, 4.69) is 0 Å². The average molecular weight is 452 g/mol. The van der Waals surface area contributed by atoms with E-state index >= 15 is 0 Å². The largest absolute Gasteiger partial charge is 0.505 e. The van der Waals surface area contributed by atoms with Crippen molar-refractivity contribution < 1.29 is 23.8 Å². The first kappa shape index (κ1) is 22.1. The molecule has 0 aliphatic rings. The van der Waals surface area contributed by atoms with Crippen molar-refractivity contribution in [2.24, 2.45) is 0 Å². The average Bonchev–Trinajstić information content (AvgIpc) is 2.93. The Kier molecular flexibility index (Phi) is 6.11. The molecular formula is C22H20Cl2FNO4. The molecule has 0 amide bonds. The lowest BCUT2D eigenvalue weighted by Crippen LogP contribution is -2.19. The van der Waals surface area contributed by atoms with Crippen LogP contribution in [0.1, 0.15) is 48.3 Å². The van der Waals surface area contributed by atoms with Crippen LogP contribution in [0.3, 0.4) is 0 Å². The minimum absolute atomic E-state index is 0.203. The molecule has 3 aromatic rings. The summed E-state index contributed by atoms with van der Waals surface area (Å²) >= 11 is 12.0. The maximum Gasteiger partial charge on any atom is 0.313 e. The summed E-state index contributed by atoms with van der Waals surface area (Å²) in [5.41, 5.74) is 1.36. The Morgan fingerprint density at radius 2 is 1.77 bits per heavy atom. The number of aromatic hydroxyl groups is 1. The van der Waals surface area contributed by atoms with E-state index in [0.717, 1.165) is 6.07 Å². The summed E-state index contributed by atoms with van der Waals surface area (Å²) < 4.78 is 20.8. The normalized spacial score (nSPS) is 12.4. The molecule has 0 saturated carbocycles. The van der Waals surface area contributed by atoms with Crippen LogP contribution in [0.4, 0.5) is 4.39 Å². The van der Waals surface area contributed by atoms with Crippen molar-refractivity contribution in [2.45, 2.75) is 39.7 Å². The SMILES string of the molecule is Cc1c(C(C)C(=O)OC(C)C)c2cc(O)c(F)cc2n1C(=O)c1ccc(Cl)c(Cl)c1. The summed E-state index contributed by atoms with van der Waals surface area (Å²) in [4.78, 5) is 25.8. The van der Waals surface area contributed by atoms with Gasteiger partial charge in [0.2, 0.25) is 0 Å². The first-order chi connectivity index (χ1) is 14.0. The monoisotopic (exact) mass is 451 g/mol. The molecule has 158 valence electrons. The molecule has 1 N–H and O–H groups in total. The standard InChI is InChI=1S/C22H20Cl2FNO4/c1-10(2)30-22(29)11(3)20-12(4)26(18-9-17(25)19(27)8-14(18)20)21(28)13-5-6-15(23)16(24)7-13/h5-11,27H,1-4H3. The zero-order valence-corrected chi connectivity index (χ0v) is 18.3. The van der Waals surface area contributed by atoms with Gasteiger partial charge in [0, 0.05) is 22.7 Å². The number of phenols is 1. The van der Waals surface area contributed by atoms with Gasteiger partial charge < -0.3 is 9.84 Å². The summed E-state index contributed by atoms with van der Waals surface area (Å²) in [5.74, 6) is -3.17. The summed E-state index contributed by atoms with van der Waals surface area (Å²) in [7, 11) is 0. The Balaban J connectivity index is 2.25. The van der Waals surface area contributed by atoms with Crippen LogP contribution in [0.25, 0.3) is 10.9 Å². The molecule has 0 saturated heterocycles. The highest BCUT2D eigenvalue weighted by Crippen LogP contribution is 2.36. The molecule has 8 heteroatoms. The number of aromatic nitrogens is 1. The van der Waals surface area contributed by atoms with E-state index in [1.54, 1.807) is 27.7 Å². The molecule has 1 heterocycles. The summed E-state index contributed by atoms with van der Waals surface area (Å²) in [6.45, 7) is 6.76. The van der Waals surface area contributed by atoms with Crippen molar-refractivity contribution in [3.63, 3.8) is 0 Å². The Labute approximate surface area is 183 Å². The third-order valence-electron chi connectivity index (χ3n) is 4.83. The van der Waals surface area contributed by atoms with E-state index in [0.29, 0.717) is 21.7 Å². The lowest BCUT2D eigenvalue weighted by molar-refractivity contribution is -0.148. The Hall–Kier alpha value is -2.57. The summed E-state index contributed by atoms with van der Waals surface area (Å²) in [5, 5.41) is 10.8. The van der Waals surface area contributed by atoms with Gasteiger partial charge in [0.25, 0.3) is 5.91 Å². The van der Waals surface area contributed by atoms with Gasteiger partial charge in [-0.2, -0.15) is 0 Å². The minimum atomic E-state index is -0.882. The van der Waals surface area contributed by atoms with Crippen molar-refractivity contribution in [1.29, 1.82) is 0 Å². The van der Waals surface area contributed by atoms with E-state index in [1.807, 2.05) is 0 Å². The number of carbonyl (C=O) groups is 2. The van der Waals surface area contributed by atoms with Crippen molar-refractivity contribution in [3.8, 4) is 5.75 Å². The molecule has 0 aliphatic carbocycles. The number of ether oxygens (including phenoxy) is 1. The molecule has 5 nitrogen and oxygen atoms in total. The van der Waals surface area contributed by atoms with Gasteiger partial charge >= 0.3 is 5.97 Å². The zero-order valence-electron chi connectivity index (χ0n) is 16.8. The predicted molar refractivity (Wildman–Crippen MR) is 114 cm³/mol. The van der Waals surface area contributed by atoms with Crippen LogP contribution in [0.2, 0.25) is 10.0 Å². The highest BCUT2D eigenvalue weighted by molar-refractivity contribution is 6.42. The second-order valence-corrected chi connectivity index (χ2v) is 8.11. The maximum atomic E-state index is 14.2. The van der Waals surface area contributed by atoms with Gasteiger partial charge in [0.1, 0.15) is 0 Å². The number of fused-ring (bicyclic) bond motifs is 1. The number of hydrogen-bond acceptors (Lipinski definition) is 4. The highest BCUT2D eigenvalue weighted by Gasteiger charge is 2.29. The number of carbonyl (C=O) groups excluding carboxylic acids is 2. The van der Waals surface area contributed by atoms with Gasteiger partial charge in [-0.15, -0.1) is 0 Å². The van der Waals surface area contributed by atoms with Gasteiger partial charge in [-0.25, -0.2) is 4.39 Å². The van der Waals surface area contributed by atoms with Crippen LogP contribution in [0.15, 0.2) is 30.3 Å². The van der Waals surface area contributed by atoms with Gasteiger partial charge in [-0.05, 0) is 57.5 Å². The van der Waals surface area contributed by atoms with Gasteiger partial charge in [0.05, 0.1) is 27.6 Å². The van der Waals surface area contributed by atoms with Crippen molar-refractivity contribution in [1.82, 2.24) is 4.57 Å². The van der Waals surface area contributed by atoms with E-state index < -0.39 is 29.4 Å². The lowest BCUT2D eigenvalue weighted by atomic mass is 9.97. The quantitative estimate of drug-likeness (QED) is 0.505. The van der Waals surface area contributed by atoms with Crippen molar-refractivity contribution >= 4 is 46.0 Å². The minimum Gasteiger partial charge on any atom is -0.505 e. The summed E-state index contributed by atoms with van der Waals surface area (Å²) in [6, 6.07) is 6.70. The number of phenolic OH excluding ortho intramolecular Hbond substituents is 1. The Morgan fingerprint density at radius 1 is 1.10 bits per heavy atom. The van der Waals surface area contributed by atoms with Crippen LogP contribution in [0, 0.1) is 12.7 Å². The molecule has 0 aliphatic heterocycles. The Bertz CT molecular complexity index is 1170. The number of nitrogens with zero attached hydrogens (tertiary/aromatic N) is 1. The number of halogens is 3. The van der Waals surface area contributed by atoms with Crippen molar-refractivity contribution in [2.75, 3.05) is 0 Å². The summed E-state index contributed by atoms with van der Waals surface area (Å²) in [6.07, 6.45) is -0.322. The fraction of sp³-hybridized carbons (Fsp3) is 0.273. The third-order valence-corrected chi connectivity index (χ3v) is 5.57. The lowest BCUT2D eigenvalue weighted by Gasteiger charge is -2.15. The van der Waals surface area contributed by atoms with E-state index in [4.69, 9.17) is 27.9 Å². The molecular weight excluding hydrogens is 432 g/mol. The molecule has 30 heavy (non-hydrogen) atoms. The second kappa shape index (κ2) is 8.28. The molecule has 1 aromatic heterocycles. The predicted octanol–water partition coefficient (Wildman–Crippen LogP) is 5.84. The molecule has 1 unspecified atom stereocenters. The van der Waals surface area contributed by atoms with Gasteiger partial charge in [0.15, 0.2) is 11.6 Å². The first-order valence-electron chi connectivity index (χ1n) is 9.26. The van der Waals surface area contributed by atoms with Crippen LogP contribution in [0.5, 0.6) is 5.75 Å². The second-order valence-electron chi connectivity index (χ2n) is 7.30. The third kappa shape index (κ3) is 3.89. The molecule has 0 spiro atoms. The number of benzene rings is 2. The van der Waals surface area contributed by atoms with Gasteiger partial charge in [-0.1, -0.05) is 23.2 Å². The van der Waals surface area contributed by atoms with Crippen LogP contribution in [-0.4, -0.2) is 27.7 Å². The number of rotatable bonds is 4. The topological polar surface area (TPSA) is 68.5 Å². The number of hydrogen-bond donors (Lipinski definition) is 1. The smallest absolute Gasteiger partial charge is 0.313 e. The van der Waals surface area contributed by atoms with Crippen molar-refractivity contribution in [3.05, 3.63) is 63.0 Å². The molecule has 1 atom stereocenters. The molecule has 0 fully saturated rings. The van der Waals surface area contributed by atoms with E-state index in [-0.39, 0.29) is 22.2 Å². The first-order valence-corrected chi connectivity index (χ1v) is 10.0. The van der Waals surface area contributed by atoms with Crippen LogP contribution in [-0.2, 0) is 9.53 Å². The van der Waals surface area contributed by atoms with E-state index in [1.165, 1.54) is 28.8 Å². The van der Waals surface area contributed by atoms with Gasteiger partial charge in [-0.3, -0.25) is 14.2 Å². The molecule has 0 bridgehead atoms.